The number of hydrogen-bond donors (Lipinski definition) is 0. The highest BCUT2D eigenvalue weighted by Crippen LogP contribution is 2.17. The smallest absolute Gasteiger partial charge is 0.256 e. The van der Waals surface area contributed by atoms with Crippen molar-refractivity contribution in [3.05, 3.63) is 41.9 Å². The van der Waals surface area contributed by atoms with Gasteiger partial charge in [-0.15, -0.1) is 0 Å². The first-order valence-electron chi connectivity index (χ1n) is 8.58. The number of anilines is 1. The summed E-state index contributed by atoms with van der Waals surface area (Å²) in [6.45, 7) is 4.95. The van der Waals surface area contributed by atoms with E-state index in [4.69, 9.17) is 10.00 Å². The lowest BCUT2D eigenvalue weighted by atomic mass is 10.1. The van der Waals surface area contributed by atoms with Crippen molar-refractivity contribution in [3.63, 3.8) is 0 Å². The van der Waals surface area contributed by atoms with Gasteiger partial charge < -0.3 is 14.5 Å². The van der Waals surface area contributed by atoms with E-state index in [2.05, 4.69) is 15.0 Å². The van der Waals surface area contributed by atoms with Crippen LogP contribution in [0.1, 0.15) is 29.4 Å². The van der Waals surface area contributed by atoms with Crippen LogP contribution < -0.4 is 9.64 Å². The number of ether oxygens (including phenoxy) is 1. The SMILES string of the molecule is CCCOc1ccnc(N2CCN(C(=O)c3cccnc3C#N)CC2)n1. The number of nitrogens with zero attached hydrogens (tertiary/aromatic N) is 6. The normalized spacial score (nSPS) is 14.0. The van der Waals surface area contributed by atoms with E-state index in [-0.39, 0.29) is 11.6 Å². The largest absolute Gasteiger partial charge is 0.478 e. The average molecular weight is 352 g/mol. The number of amides is 1. The second-order valence-electron chi connectivity index (χ2n) is 5.83. The Balaban J connectivity index is 1.64. The monoisotopic (exact) mass is 352 g/mol. The Kier molecular flexibility index (Phi) is 5.59. The van der Waals surface area contributed by atoms with Crippen LogP contribution in [0.5, 0.6) is 5.88 Å². The molecule has 0 aliphatic carbocycles. The molecule has 8 heteroatoms. The second kappa shape index (κ2) is 8.25. The van der Waals surface area contributed by atoms with Crippen LogP contribution in [0.2, 0.25) is 0 Å². The molecule has 0 saturated carbocycles. The quantitative estimate of drug-likeness (QED) is 0.804. The highest BCUT2D eigenvalue weighted by Gasteiger charge is 2.25. The van der Waals surface area contributed by atoms with Crippen molar-refractivity contribution in [3.8, 4) is 11.9 Å². The highest BCUT2D eigenvalue weighted by molar-refractivity contribution is 5.96. The Morgan fingerprint density at radius 3 is 2.77 bits per heavy atom. The fraction of sp³-hybridized carbons (Fsp3) is 0.389. The number of piperazine rings is 1. The molecule has 3 heterocycles. The second-order valence-corrected chi connectivity index (χ2v) is 5.83. The van der Waals surface area contributed by atoms with E-state index >= 15 is 0 Å². The molecule has 3 rings (SSSR count). The number of nitriles is 1. The number of carbonyl (C=O) groups is 1. The zero-order chi connectivity index (χ0) is 18.4. The number of rotatable bonds is 5. The minimum absolute atomic E-state index is 0.157. The first-order chi connectivity index (χ1) is 12.7. The van der Waals surface area contributed by atoms with E-state index in [9.17, 15) is 4.79 Å². The van der Waals surface area contributed by atoms with Gasteiger partial charge in [0, 0.05) is 44.6 Å². The van der Waals surface area contributed by atoms with Gasteiger partial charge in [-0.05, 0) is 18.6 Å². The van der Waals surface area contributed by atoms with Gasteiger partial charge >= 0.3 is 0 Å². The molecule has 0 radical (unpaired) electrons. The lowest BCUT2D eigenvalue weighted by Gasteiger charge is -2.34. The number of carbonyl (C=O) groups excluding carboxylic acids is 1. The maximum absolute atomic E-state index is 12.7. The molecule has 0 N–H and O–H groups in total. The van der Waals surface area contributed by atoms with E-state index in [0.29, 0.717) is 50.2 Å². The summed E-state index contributed by atoms with van der Waals surface area (Å²) in [4.78, 5) is 29.1. The fourth-order valence-electron chi connectivity index (χ4n) is 2.72. The Labute approximate surface area is 152 Å². The molecule has 1 amide bonds. The number of aromatic nitrogens is 3. The molecule has 2 aromatic heterocycles. The summed E-state index contributed by atoms with van der Waals surface area (Å²) in [5.74, 6) is 0.990. The molecule has 1 fully saturated rings. The number of hydrogen-bond acceptors (Lipinski definition) is 7. The molecule has 0 aromatic carbocycles. The van der Waals surface area contributed by atoms with Gasteiger partial charge in [-0.1, -0.05) is 6.92 Å². The minimum atomic E-state index is -0.171. The summed E-state index contributed by atoms with van der Waals surface area (Å²) < 4.78 is 5.55. The van der Waals surface area contributed by atoms with Crippen LogP contribution in [0.15, 0.2) is 30.6 Å². The summed E-state index contributed by atoms with van der Waals surface area (Å²) in [5, 5.41) is 9.12. The van der Waals surface area contributed by atoms with Crippen molar-refractivity contribution in [2.75, 3.05) is 37.7 Å². The van der Waals surface area contributed by atoms with Crippen molar-refractivity contribution in [1.82, 2.24) is 19.9 Å². The molecule has 0 unspecified atom stereocenters. The van der Waals surface area contributed by atoms with Gasteiger partial charge in [0.15, 0.2) is 5.69 Å². The predicted octanol–water partition coefficient (Wildman–Crippen LogP) is 1.49. The summed E-state index contributed by atoms with van der Waals surface area (Å²) in [7, 11) is 0. The van der Waals surface area contributed by atoms with Crippen LogP contribution in [0.25, 0.3) is 0 Å². The lowest BCUT2D eigenvalue weighted by Crippen LogP contribution is -2.49. The molecule has 1 aliphatic heterocycles. The van der Waals surface area contributed by atoms with Gasteiger partial charge in [-0.2, -0.15) is 10.2 Å². The zero-order valence-electron chi connectivity index (χ0n) is 14.6. The molecule has 134 valence electrons. The van der Waals surface area contributed by atoms with Gasteiger partial charge in [-0.25, -0.2) is 9.97 Å². The van der Waals surface area contributed by atoms with Crippen LogP contribution in [0, 0.1) is 11.3 Å². The fourth-order valence-corrected chi connectivity index (χ4v) is 2.72. The summed E-state index contributed by atoms with van der Waals surface area (Å²) in [5.41, 5.74) is 0.499. The molecule has 26 heavy (non-hydrogen) atoms. The van der Waals surface area contributed by atoms with Gasteiger partial charge in [0.2, 0.25) is 11.8 Å². The summed E-state index contributed by atoms with van der Waals surface area (Å²) in [6.07, 6.45) is 4.11. The molecule has 1 saturated heterocycles. The van der Waals surface area contributed by atoms with Crippen LogP contribution in [0.4, 0.5) is 5.95 Å². The van der Waals surface area contributed by atoms with Crippen molar-refractivity contribution in [2.45, 2.75) is 13.3 Å². The van der Waals surface area contributed by atoms with Crippen LogP contribution >= 0.6 is 0 Å². The zero-order valence-corrected chi connectivity index (χ0v) is 14.6. The van der Waals surface area contributed by atoms with E-state index in [1.54, 1.807) is 29.3 Å². The third-order valence-corrected chi connectivity index (χ3v) is 4.07. The lowest BCUT2D eigenvalue weighted by molar-refractivity contribution is 0.0745. The maximum Gasteiger partial charge on any atom is 0.256 e. The molecule has 0 bridgehead atoms. The van der Waals surface area contributed by atoms with Gasteiger partial charge in [-0.3, -0.25) is 4.79 Å². The van der Waals surface area contributed by atoms with Crippen molar-refractivity contribution >= 4 is 11.9 Å². The van der Waals surface area contributed by atoms with Crippen molar-refractivity contribution in [2.24, 2.45) is 0 Å². The third kappa shape index (κ3) is 3.88. The Hall–Kier alpha value is -3.21. The van der Waals surface area contributed by atoms with Crippen LogP contribution in [0.3, 0.4) is 0 Å². The van der Waals surface area contributed by atoms with Crippen LogP contribution in [-0.2, 0) is 0 Å². The Morgan fingerprint density at radius 1 is 1.23 bits per heavy atom. The average Bonchev–Trinajstić information content (AvgIpc) is 2.72. The third-order valence-electron chi connectivity index (χ3n) is 4.07. The maximum atomic E-state index is 12.7. The number of pyridine rings is 1. The van der Waals surface area contributed by atoms with E-state index < -0.39 is 0 Å². The molecular formula is C18H20N6O2. The highest BCUT2D eigenvalue weighted by atomic mass is 16.5. The standard InChI is InChI=1S/C18H20N6O2/c1-2-12-26-16-5-7-21-18(22-16)24-10-8-23(9-11-24)17(25)14-4-3-6-20-15(14)13-19/h3-7H,2,8-12H2,1H3. The minimum Gasteiger partial charge on any atom is -0.478 e. The summed E-state index contributed by atoms with van der Waals surface area (Å²) >= 11 is 0. The molecule has 0 atom stereocenters. The van der Waals surface area contributed by atoms with E-state index in [0.717, 1.165) is 6.42 Å². The van der Waals surface area contributed by atoms with Gasteiger partial charge in [0.05, 0.1) is 12.2 Å². The molecule has 8 nitrogen and oxygen atoms in total. The van der Waals surface area contributed by atoms with E-state index in [1.807, 2.05) is 17.9 Å². The Bertz CT molecular complexity index is 811. The first-order valence-corrected chi connectivity index (χ1v) is 8.58. The van der Waals surface area contributed by atoms with Gasteiger partial charge in [0.25, 0.3) is 5.91 Å². The van der Waals surface area contributed by atoms with Crippen LogP contribution in [-0.4, -0.2) is 58.5 Å². The van der Waals surface area contributed by atoms with E-state index in [1.165, 1.54) is 6.20 Å². The van der Waals surface area contributed by atoms with Gasteiger partial charge in [0.1, 0.15) is 6.07 Å². The first kappa shape index (κ1) is 17.6. The Morgan fingerprint density at radius 2 is 2.04 bits per heavy atom. The summed E-state index contributed by atoms with van der Waals surface area (Å²) in [6, 6.07) is 7.01. The molecular weight excluding hydrogens is 332 g/mol. The van der Waals surface area contributed by atoms with Crippen molar-refractivity contribution < 1.29 is 9.53 Å². The predicted molar refractivity (Wildman–Crippen MR) is 94.9 cm³/mol. The molecule has 1 aliphatic rings. The molecule has 0 spiro atoms. The topological polar surface area (TPSA) is 95.2 Å². The molecule has 2 aromatic rings. The van der Waals surface area contributed by atoms with Crippen molar-refractivity contribution in [1.29, 1.82) is 5.26 Å².